The molecule has 0 aromatic carbocycles. The van der Waals surface area contributed by atoms with Crippen molar-refractivity contribution >= 4 is 6.16 Å². The third-order valence-corrected chi connectivity index (χ3v) is 1.68. The minimum atomic E-state index is -0.690. The number of carbonyl (C=O) groups excluding carboxylic acids is 1. The van der Waals surface area contributed by atoms with E-state index in [0.717, 1.165) is 0 Å². The molecule has 5 nitrogen and oxygen atoms in total. The van der Waals surface area contributed by atoms with Crippen LogP contribution in [0.3, 0.4) is 0 Å². The third-order valence-electron chi connectivity index (χ3n) is 1.68. The first-order valence-corrected chi connectivity index (χ1v) is 6.18. The zero-order valence-electron chi connectivity index (χ0n) is 12.4. The molecule has 0 spiro atoms. The molecule has 0 aliphatic rings. The van der Waals surface area contributed by atoms with Crippen LogP contribution in [-0.4, -0.2) is 43.8 Å². The minimum absolute atomic E-state index is 0.191. The second-order valence-corrected chi connectivity index (χ2v) is 5.87. The van der Waals surface area contributed by atoms with Crippen LogP contribution in [0.15, 0.2) is 0 Å². The first kappa shape index (κ1) is 17.2. The maximum Gasteiger partial charge on any atom is 0.508 e. The lowest BCUT2D eigenvalue weighted by Crippen LogP contribution is -2.24. The first-order valence-electron chi connectivity index (χ1n) is 6.18. The normalized spacial score (nSPS) is 12.3. The molecule has 0 radical (unpaired) electrons. The van der Waals surface area contributed by atoms with Crippen molar-refractivity contribution in [1.29, 1.82) is 0 Å². The van der Waals surface area contributed by atoms with Gasteiger partial charge in [0.2, 0.25) is 0 Å². The Hall–Kier alpha value is -0.810. The second-order valence-electron chi connectivity index (χ2n) is 5.87. The fourth-order valence-electron chi connectivity index (χ4n) is 0.987. The quantitative estimate of drug-likeness (QED) is 0.544. The van der Waals surface area contributed by atoms with E-state index in [4.69, 9.17) is 18.9 Å². The van der Waals surface area contributed by atoms with Crippen LogP contribution in [0.5, 0.6) is 0 Å². The summed E-state index contributed by atoms with van der Waals surface area (Å²) in [6.45, 7) is 12.7. The van der Waals surface area contributed by atoms with E-state index in [1.165, 1.54) is 0 Å². The highest BCUT2D eigenvalue weighted by molar-refractivity contribution is 5.59. The number of rotatable bonds is 6. The summed E-state index contributed by atoms with van der Waals surface area (Å²) in [5.41, 5.74) is -0.457. The van der Waals surface area contributed by atoms with Gasteiger partial charge in [-0.3, -0.25) is 0 Å². The Balaban J connectivity index is 3.44. The Kier molecular flexibility index (Phi) is 7.25. The average molecular weight is 262 g/mol. The van der Waals surface area contributed by atoms with Crippen molar-refractivity contribution in [2.24, 2.45) is 0 Å². The predicted molar refractivity (Wildman–Crippen MR) is 68.7 cm³/mol. The largest absolute Gasteiger partial charge is 0.508 e. The van der Waals surface area contributed by atoms with Gasteiger partial charge in [-0.05, 0) is 41.5 Å². The summed E-state index contributed by atoms with van der Waals surface area (Å²) in [5, 5.41) is 0. The molecule has 0 aromatic rings. The van der Waals surface area contributed by atoms with Crippen LogP contribution in [0.25, 0.3) is 0 Å². The van der Waals surface area contributed by atoms with Crippen molar-refractivity contribution in [3.05, 3.63) is 0 Å². The first-order chi connectivity index (χ1) is 8.10. The topological polar surface area (TPSA) is 54.0 Å². The number of carbonyl (C=O) groups is 1. The molecule has 0 aliphatic heterocycles. The molecule has 18 heavy (non-hydrogen) atoms. The highest BCUT2D eigenvalue weighted by Crippen LogP contribution is 2.06. The summed E-state index contributed by atoms with van der Waals surface area (Å²) in [7, 11) is 0. The lowest BCUT2D eigenvalue weighted by atomic mass is 10.2. The molecule has 108 valence electrons. The summed E-state index contributed by atoms with van der Waals surface area (Å²) in [5.74, 6) is 0. The average Bonchev–Trinajstić information content (AvgIpc) is 2.17. The van der Waals surface area contributed by atoms with Gasteiger partial charge in [0.1, 0.15) is 13.2 Å². The van der Waals surface area contributed by atoms with Crippen molar-refractivity contribution < 1.29 is 23.7 Å². The van der Waals surface area contributed by atoms with Crippen LogP contribution in [0.4, 0.5) is 4.79 Å². The van der Waals surface area contributed by atoms with E-state index in [1.807, 2.05) is 41.5 Å². The van der Waals surface area contributed by atoms with Gasteiger partial charge in [0.15, 0.2) is 0 Å². The van der Waals surface area contributed by atoms with Crippen molar-refractivity contribution in [2.75, 3.05) is 26.4 Å². The van der Waals surface area contributed by atoms with Crippen LogP contribution in [0.2, 0.25) is 0 Å². The number of hydrogen-bond donors (Lipinski definition) is 0. The smallest absolute Gasteiger partial charge is 0.432 e. The lowest BCUT2D eigenvalue weighted by Gasteiger charge is -2.20. The summed E-state index contributed by atoms with van der Waals surface area (Å²) in [4.78, 5) is 11.1. The van der Waals surface area contributed by atoms with E-state index in [0.29, 0.717) is 13.2 Å². The van der Waals surface area contributed by atoms with Gasteiger partial charge < -0.3 is 18.9 Å². The molecular weight excluding hydrogens is 236 g/mol. The Morgan fingerprint density at radius 1 is 0.722 bits per heavy atom. The fourth-order valence-corrected chi connectivity index (χ4v) is 0.987. The molecule has 0 aromatic heterocycles. The molecule has 0 rings (SSSR count). The minimum Gasteiger partial charge on any atom is -0.432 e. The molecule has 0 N–H and O–H groups in total. The van der Waals surface area contributed by atoms with Crippen molar-refractivity contribution in [3.63, 3.8) is 0 Å². The second kappa shape index (κ2) is 7.59. The van der Waals surface area contributed by atoms with Gasteiger partial charge in [0.25, 0.3) is 0 Å². The number of ether oxygens (including phenoxy) is 4. The highest BCUT2D eigenvalue weighted by Gasteiger charge is 2.12. The van der Waals surface area contributed by atoms with Crippen LogP contribution >= 0.6 is 0 Å². The molecule has 5 heteroatoms. The van der Waals surface area contributed by atoms with E-state index in [1.54, 1.807) is 0 Å². The SMILES string of the molecule is CC(C)(C)OCCOC(=O)OCCOC(C)(C)C. The van der Waals surface area contributed by atoms with Crippen LogP contribution < -0.4 is 0 Å². The maximum absolute atomic E-state index is 11.1. The molecule has 0 atom stereocenters. The Morgan fingerprint density at radius 2 is 1.06 bits per heavy atom. The fraction of sp³-hybridized carbons (Fsp3) is 0.923. The van der Waals surface area contributed by atoms with Crippen LogP contribution in [-0.2, 0) is 18.9 Å². The summed E-state index contributed by atoms with van der Waals surface area (Å²) in [6, 6.07) is 0. The van der Waals surface area contributed by atoms with Gasteiger partial charge in [-0.1, -0.05) is 0 Å². The zero-order chi connectivity index (χ0) is 14.2. The van der Waals surface area contributed by atoms with Gasteiger partial charge in [-0.25, -0.2) is 4.79 Å². The standard InChI is InChI=1S/C13H26O5/c1-12(2,3)17-9-7-15-11(14)16-8-10-18-13(4,5)6/h7-10H2,1-6H3. The van der Waals surface area contributed by atoms with Crippen LogP contribution in [0, 0.1) is 0 Å². The summed E-state index contributed by atoms with van der Waals surface area (Å²) in [6.07, 6.45) is -0.690. The van der Waals surface area contributed by atoms with Crippen LogP contribution in [0.1, 0.15) is 41.5 Å². The molecule has 0 heterocycles. The van der Waals surface area contributed by atoms with E-state index in [2.05, 4.69) is 0 Å². The lowest BCUT2D eigenvalue weighted by molar-refractivity contribution is -0.0473. The van der Waals surface area contributed by atoms with E-state index >= 15 is 0 Å². The Bertz CT molecular complexity index is 213. The molecule has 0 aliphatic carbocycles. The predicted octanol–water partition coefficient (Wildman–Crippen LogP) is 2.77. The Morgan fingerprint density at radius 3 is 1.33 bits per heavy atom. The molecule has 0 saturated heterocycles. The number of hydrogen-bond acceptors (Lipinski definition) is 5. The van der Waals surface area contributed by atoms with Crippen molar-refractivity contribution in [3.8, 4) is 0 Å². The maximum atomic E-state index is 11.1. The van der Waals surface area contributed by atoms with Gasteiger partial charge in [0.05, 0.1) is 24.4 Å². The molecule has 0 amide bonds. The van der Waals surface area contributed by atoms with Gasteiger partial charge in [0, 0.05) is 0 Å². The molecule has 0 saturated carbocycles. The van der Waals surface area contributed by atoms with Gasteiger partial charge in [-0.15, -0.1) is 0 Å². The molecule has 0 bridgehead atoms. The van der Waals surface area contributed by atoms with Gasteiger partial charge >= 0.3 is 6.16 Å². The summed E-state index contributed by atoms with van der Waals surface area (Å²) >= 11 is 0. The summed E-state index contributed by atoms with van der Waals surface area (Å²) < 4.78 is 20.4. The zero-order valence-corrected chi connectivity index (χ0v) is 12.4. The van der Waals surface area contributed by atoms with Gasteiger partial charge in [-0.2, -0.15) is 0 Å². The third kappa shape index (κ3) is 13.3. The van der Waals surface area contributed by atoms with Crippen molar-refractivity contribution in [2.45, 2.75) is 52.7 Å². The molecular formula is C13H26O5. The molecule has 0 fully saturated rings. The Labute approximate surface area is 110 Å². The highest BCUT2D eigenvalue weighted by atomic mass is 16.7. The van der Waals surface area contributed by atoms with E-state index in [9.17, 15) is 4.79 Å². The van der Waals surface area contributed by atoms with Crippen molar-refractivity contribution in [1.82, 2.24) is 0 Å². The van der Waals surface area contributed by atoms with E-state index in [-0.39, 0.29) is 24.4 Å². The molecule has 0 unspecified atom stereocenters. The monoisotopic (exact) mass is 262 g/mol. The van der Waals surface area contributed by atoms with E-state index < -0.39 is 6.16 Å².